The van der Waals surface area contributed by atoms with E-state index in [1.54, 1.807) is 50.4 Å². The lowest BCUT2D eigenvalue weighted by Gasteiger charge is -2.33. The van der Waals surface area contributed by atoms with Crippen molar-refractivity contribution < 1.29 is 23.8 Å². The molecule has 2 aromatic rings. The van der Waals surface area contributed by atoms with Crippen molar-refractivity contribution in [2.45, 2.75) is 25.3 Å². The van der Waals surface area contributed by atoms with Crippen LogP contribution in [0, 0.1) is 0 Å². The Labute approximate surface area is 177 Å². The third-order valence-corrected chi connectivity index (χ3v) is 5.32. The Morgan fingerprint density at radius 1 is 1.10 bits per heavy atom. The van der Waals surface area contributed by atoms with E-state index in [2.05, 4.69) is 12.1 Å². The first-order valence-corrected chi connectivity index (χ1v) is 9.93. The largest absolute Gasteiger partial charge is 0.497 e. The zero-order valence-corrected chi connectivity index (χ0v) is 17.6. The van der Waals surface area contributed by atoms with Crippen molar-refractivity contribution in [3.05, 3.63) is 65.2 Å². The molecule has 0 saturated carbocycles. The third-order valence-electron chi connectivity index (χ3n) is 5.32. The fraction of sp³-hybridized carbons (Fsp3) is 0.333. The normalized spacial score (nSPS) is 15.4. The Balaban J connectivity index is 1.57. The molecule has 2 aromatic carbocycles. The first-order valence-electron chi connectivity index (χ1n) is 9.93. The quantitative estimate of drug-likeness (QED) is 0.514. The molecule has 0 unspecified atom stereocenters. The summed E-state index contributed by atoms with van der Waals surface area (Å²) in [6.07, 6.45) is 5.86. The number of benzene rings is 2. The Hall–Kier alpha value is -3.28. The van der Waals surface area contributed by atoms with E-state index in [1.165, 1.54) is 17.2 Å². The fourth-order valence-electron chi connectivity index (χ4n) is 3.68. The summed E-state index contributed by atoms with van der Waals surface area (Å²) in [5, 5.41) is 0. The molecule has 0 spiro atoms. The molecule has 0 N–H and O–H groups in total. The molecule has 1 aliphatic carbocycles. The minimum Gasteiger partial charge on any atom is -0.497 e. The van der Waals surface area contributed by atoms with E-state index in [0.29, 0.717) is 11.5 Å². The zero-order chi connectivity index (χ0) is 21.5. The summed E-state index contributed by atoms with van der Waals surface area (Å²) < 4.78 is 15.6. The minimum atomic E-state index is -0.581. The number of fused-ring (bicyclic) bond motifs is 1. The highest BCUT2D eigenvalue weighted by molar-refractivity contribution is 5.89. The van der Waals surface area contributed by atoms with Gasteiger partial charge in [-0.05, 0) is 54.2 Å². The van der Waals surface area contributed by atoms with E-state index in [9.17, 15) is 9.59 Å². The van der Waals surface area contributed by atoms with Crippen LogP contribution in [-0.2, 0) is 20.7 Å². The number of nitrogens with zero attached hydrogens (tertiary/aromatic N) is 1. The van der Waals surface area contributed by atoms with Gasteiger partial charge >= 0.3 is 5.97 Å². The predicted octanol–water partition coefficient (Wildman–Crippen LogP) is 3.80. The number of esters is 1. The number of aryl methyl sites for hydroxylation is 1. The fourth-order valence-corrected chi connectivity index (χ4v) is 3.68. The molecule has 3 rings (SSSR count). The standard InChI is InChI=1S/C24H27NO5/c1-25(22-10-6-8-18-7-4-5-9-21(18)22)23(26)16-30-24(27)12-11-17-13-19(28-2)15-20(14-17)29-3/h4-5,7,9,11-15,22H,6,8,10,16H2,1-3H3/b12-11+/t22-/m1/s1. The average molecular weight is 409 g/mol. The second-order valence-corrected chi connectivity index (χ2v) is 7.20. The molecule has 0 saturated heterocycles. The zero-order valence-electron chi connectivity index (χ0n) is 17.6. The number of methoxy groups -OCH3 is 2. The minimum absolute atomic E-state index is 0.0148. The maximum Gasteiger partial charge on any atom is 0.331 e. The number of rotatable bonds is 7. The van der Waals surface area contributed by atoms with Crippen LogP contribution in [0.1, 0.15) is 35.6 Å². The van der Waals surface area contributed by atoms with E-state index in [4.69, 9.17) is 14.2 Å². The van der Waals surface area contributed by atoms with Gasteiger partial charge in [0.05, 0.1) is 20.3 Å². The molecule has 6 heteroatoms. The van der Waals surface area contributed by atoms with E-state index >= 15 is 0 Å². The van der Waals surface area contributed by atoms with Crippen LogP contribution < -0.4 is 9.47 Å². The summed E-state index contributed by atoms with van der Waals surface area (Å²) in [5.41, 5.74) is 3.19. The van der Waals surface area contributed by atoms with Crippen LogP contribution in [0.2, 0.25) is 0 Å². The van der Waals surface area contributed by atoms with Crippen molar-refractivity contribution in [2.24, 2.45) is 0 Å². The second kappa shape index (κ2) is 9.96. The van der Waals surface area contributed by atoms with Gasteiger partial charge in [0.25, 0.3) is 5.91 Å². The van der Waals surface area contributed by atoms with Crippen LogP contribution in [0.5, 0.6) is 11.5 Å². The molecule has 0 radical (unpaired) electrons. The van der Waals surface area contributed by atoms with Gasteiger partial charge in [-0.25, -0.2) is 4.79 Å². The van der Waals surface area contributed by atoms with Crippen molar-refractivity contribution in [3.8, 4) is 11.5 Å². The number of carbonyl (C=O) groups excluding carboxylic acids is 2. The molecule has 1 atom stereocenters. The van der Waals surface area contributed by atoms with Gasteiger partial charge in [0, 0.05) is 19.2 Å². The second-order valence-electron chi connectivity index (χ2n) is 7.20. The van der Waals surface area contributed by atoms with Crippen LogP contribution in [0.25, 0.3) is 6.08 Å². The number of carbonyl (C=O) groups is 2. The molecule has 30 heavy (non-hydrogen) atoms. The van der Waals surface area contributed by atoms with Gasteiger partial charge in [-0.1, -0.05) is 24.3 Å². The van der Waals surface area contributed by atoms with Crippen LogP contribution in [0.4, 0.5) is 0 Å². The van der Waals surface area contributed by atoms with E-state index in [0.717, 1.165) is 24.8 Å². The van der Waals surface area contributed by atoms with Gasteiger partial charge in [0.2, 0.25) is 0 Å². The van der Waals surface area contributed by atoms with Gasteiger partial charge in [-0.2, -0.15) is 0 Å². The van der Waals surface area contributed by atoms with Crippen LogP contribution in [0.3, 0.4) is 0 Å². The van der Waals surface area contributed by atoms with Gasteiger partial charge in [0.15, 0.2) is 6.61 Å². The highest BCUT2D eigenvalue weighted by atomic mass is 16.5. The van der Waals surface area contributed by atoms with Gasteiger partial charge < -0.3 is 19.1 Å². The number of hydrogen-bond acceptors (Lipinski definition) is 5. The molecule has 0 heterocycles. The number of likely N-dealkylation sites (N-methyl/N-ethyl adjacent to an activating group) is 1. The van der Waals surface area contributed by atoms with Crippen molar-refractivity contribution in [2.75, 3.05) is 27.9 Å². The Morgan fingerprint density at radius 3 is 2.50 bits per heavy atom. The third kappa shape index (κ3) is 5.20. The Bertz CT molecular complexity index is 915. The van der Waals surface area contributed by atoms with Crippen molar-refractivity contribution in [1.82, 2.24) is 4.90 Å². The van der Waals surface area contributed by atoms with Gasteiger partial charge in [0.1, 0.15) is 11.5 Å². The monoisotopic (exact) mass is 409 g/mol. The lowest BCUT2D eigenvalue weighted by Crippen LogP contribution is -2.36. The van der Waals surface area contributed by atoms with Crippen molar-refractivity contribution in [1.29, 1.82) is 0 Å². The van der Waals surface area contributed by atoms with E-state index < -0.39 is 5.97 Å². The number of ether oxygens (including phenoxy) is 3. The smallest absolute Gasteiger partial charge is 0.331 e. The summed E-state index contributed by atoms with van der Waals surface area (Å²) in [6, 6.07) is 13.5. The summed E-state index contributed by atoms with van der Waals surface area (Å²) >= 11 is 0. The van der Waals surface area contributed by atoms with E-state index in [-0.39, 0.29) is 18.6 Å². The Kier molecular flexibility index (Phi) is 7.12. The first-order chi connectivity index (χ1) is 14.5. The lowest BCUT2D eigenvalue weighted by atomic mass is 9.87. The SMILES string of the molecule is COc1cc(/C=C/C(=O)OCC(=O)N(C)[C@@H]2CCCc3ccccc32)cc(OC)c1. The molecular weight excluding hydrogens is 382 g/mol. The number of hydrogen-bond donors (Lipinski definition) is 0. The molecule has 1 amide bonds. The molecule has 0 aromatic heterocycles. The van der Waals surface area contributed by atoms with Crippen LogP contribution >= 0.6 is 0 Å². The lowest BCUT2D eigenvalue weighted by molar-refractivity contribution is -0.148. The molecule has 1 aliphatic rings. The number of amides is 1. The van der Waals surface area contributed by atoms with Crippen LogP contribution in [-0.4, -0.2) is 44.7 Å². The van der Waals surface area contributed by atoms with Crippen molar-refractivity contribution in [3.63, 3.8) is 0 Å². The summed E-state index contributed by atoms with van der Waals surface area (Å²) in [7, 11) is 4.88. The molecule has 0 bridgehead atoms. The van der Waals surface area contributed by atoms with Crippen LogP contribution in [0.15, 0.2) is 48.5 Å². The first kappa shape index (κ1) is 21.4. The van der Waals surface area contributed by atoms with E-state index in [1.807, 2.05) is 12.1 Å². The molecule has 158 valence electrons. The maximum absolute atomic E-state index is 12.6. The summed E-state index contributed by atoms with van der Waals surface area (Å²) in [5.74, 6) is 0.433. The average Bonchev–Trinajstić information content (AvgIpc) is 2.79. The molecule has 0 aliphatic heterocycles. The summed E-state index contributed by atoms with van der Waals surface area (Å²) in [4.78, 5) is 26.4. The topological polar surface area (TPSA) is 65.1 Å². The maximum atomic E-state index is 12.6. The molecular formula is C24H27NO5. The predicted molar refractivity (Wildman–Crippen MR) is 114 cm³/mol. The molecule has 0 fully saturated rings. The molecule has 6 nitrogen and oxygen atoms in total. The van der Waals surface area contributed by atoms with Gasteiger partial charge in [-0.15, -0.1) is 0 Å². The summed E-state index contributed by atoms with van der Waals surface area (Å²) in [6.45, 7) is -0.292. The highest BCUT2D eigenvalue weighted by Crippen LogP contribution is 2.33. The highest BCUT2D eigenvalue weighted by Gasteiger charge is 2.26. The van der Waals surface area contributed by atoms with Crippen molar-refractivity contribution >= 4 is 18.0 Å². The van der Waals surface area contributed by atoms with Gasteiger partial charge in [-0.3, -0.25) is 4.79 Å². The Morgan fingerprint density at radius 2 is 1.80 bits per heavy atom.